The van der Waals surface area contributed by atoms with Crippen molar-refractivity contribution in [3.05, 3.63) is 35.4 Å². The van der Waals surface area contributed by atoms with Crippen LogP contribution in [0.25, 0.3) is 0 Å². The van der Waals surface area contributed by atoms with E-state index < -0.39 is 5.97 Å². The Morgan fingerprint density at radius 2 is 1.75 bits per heavy atom. The number of carboxylic acids is 1. The lowest BCUT2D eigenvalue weighted by atomic mass is 10.1. The van der Waals surface area contributed by atoms with Crippen molar-refractivity contribution in [1.29, 1.82) is 0 Å². The first-order chi connectivity index (χ1) is 7.58. The Kier molecular flexibility index (Phi) is 4.99. The molecule has 3 heteroatoms. The number of nitrogens with zero attached hydrogens (tertiary/aromatic N) is 1. The molecule has 0 atom stereocenters. The average molecular weight is 221 g/mol. The standard InChI is InChI=1S/C13H19NO2/c1-14(2)10-12-8-6-11(7-9-12)4-3-5-13(15)16/h6-9H,3-5,10H2,1-2H3,(H,15,16). The van der Waals surface area contributed by atoms with Gasteiger partial charge in [-0.15, -0.1) is 0 Å². The molecule has 0 aliphatic carbocycles. The lowest BCUT2D eigenvalue weighted by Crippen LogP contribution is -2.10. The summed E-state index contributed by atoms with van der Waals surface area (Å²) in [5.41, 5.74) is 2.50. The molecule has 16 heavy (non-hydrogen) atoms. The number of rotatable bonds is 6. The van der Waals surface area contributed by atoms with E-state index >= 15 is 0 Å². The van der Waals surface area contributed by atoms with Crippen molar-refractivity contribution < 1.29 is 9.90 Å². The Balaban J connectivity index is 2.42. The third-order valence-corrected chi connectivity index (χ3v) is 2.38. The van der Waals surface area contributed by atoms with Crippen molar-refractivity contribution in [2.75, 3.05) is 14.1 Å². The zero-order valence-electron chi connectivity index (χ0n) is 9.94. The Morgan fingerprint density at radius 3 is 2.25 bits per heavy atom. The molecule has 0 unspecified atom stereocenters. The molecule has 0 radical (unpaired) electrons. The van der Waals surface area contributed by atoms with Crippen molar-refractivity contribution in [3.63, 3.8) is 0 Å². The molecule has 0 saturated carbocycles. The van der Waals surface area contributed by atoms with E-state index in [2.05, 4.69) is 29.2 Å². The van der Waals surface area contributed by atoms with Crippen molar-refractivity contribution in [2.24, 2.45) is 0 Å². The molecular formula is C13H19NO2. The Bertz CT molecular complexity index is 330. The number of carbonyl (C=O) groups is 1. The normalized spacial score (nSPS) is 10.7. The second kappa shape index (κ2) is 6.28. The van der Waals surface area contributed by atoms with Gasteiger partial charge in [-0.25, -0.2) is 0 Å². The maximum absolute atomic E-state index is 10.4. The van der Waals surface area contributed by atoms with Gasteiger partial charge in [0.05, 0.1) is 0 Å². The smallest absolute Gasteiger partial charge is 0.303 e. The average Bonchev–Trinajstić information content (AvgIpc) is 2.19. The van der Waals surface area contributed by atoms with E-state index in [1.54, 1.807) is 0 Å². The van der Waals surface area contributed by atoms with Gasteiger partial charge in [0.15, 0.2) is 0 Å². The van der Waals surface area contributed by atoms with Crippen LogP contribution in [-0.2, 0) is 17.8 Å². The molecule has 0 bridgehead atoms. The zero-order chi connectivity index (χ0) is 12.0. The Hall–Kier alpha value is -1.35. The van der Waals surface area contributed by atoms with Gasteiger partial charge < -0.3 is 10.0 Å². The van der Waals surface area contributed by atoms with Crippen LogP contribution in [0.15, 0.2) is 24.3 Å². The van der Waals surface area contributed by atoms with Gasteiger partial charge in [0.2, 0.25) is 0 Å². The van der Waals surface area contributed by atoms with Crippen LogP contribution in [0.1, 0.15) is 24.0 Å². The molecule has 1 N–H and O–H groups in total. The van der Waals surface area contributed by atoms with Gasteiger partial charge in [-0.05, 0) is 38.1 Å². The minimum atomic E-state index is -0.718. The van der Waals surface area contributed by atoms with Crippen molar-refractivity contribution in [2.45, 2.75) is 25.8 Å². The van der Waals surface area contributed by atoms with Gasteiger partial charge in [-0.3, -0.25) is 4.79 Å². The molecule has 0 fully saturated rings. The molecule has 0 aliphatic rings. The van der Waals surface area contributed by atoms with Crippen LogP contribution < -0.4 is 0 Å². The fourth-order valence-electron chi connectivity index (χ4n) is 1.62. The molecular weight excluding hydrogens is 202 g/mol. The minimum absolute atomic E-state index is 0.249. The quantitative estimate of drug-likeness (QED) is 0.800. The molecule has 1 aromatic carbocycles. The van der Waals surface area contributed by atoms with Crippen LogP contribution in [0.3, 0.4) is 0 Å². The molecule has 0 heterocycles. The van der Waals surface area contributed by atoms with Gasteiger partial charge in [0.1, 0.15) is 0 Å². The highest BCUT2D eigenvalue weighted by Gasteiger charge is 1.99. The summed E-state index contributed by atoms with van der Waals surface area (Å²) >= 11 is 0. The van der Waals surface area contributed by atoms with E-state index in [1.807, 2.05) is 14.1 Å². The van der Waals surface area contributed by atoms with Crippen LogP contribution in [0.5, 0.6) is 0 Å². The van der Waals surface area contributed by atoms with Gasteiger partial charge >= 0.3 is 5.97 Å². The third-order valence-electron chi connectivity index (χ3n) is 2.38. The highest BCUT2D eigenvalue weighted by atomic mass is 16.4. The highest BCUT2D eigenvalue weighted by molar-refractivity contribution is 5.66. The molecule has 1 rings (SSSR count). The first-order valence-electron chi connectivity index (χ1n) is 5.52. The van der Waals surface area contributed by atoms with E-state index in [0.29, 0.717) is 6.42 Å². The molecule has 0 amide bonds. The highest BCUT2D eigenvalue weighted by Crippen LogP contribution is 2.09. The van der Waals surface area contributed by atoms with E-state index in [0.717, 1.165) is 13.0 Å². The maximum atomic E-state index is 10.4. The number of aliphatic carboxylic acids is 1. The third kappa shape index (κ3) is 4.94. The Labute approximate surface area is 96.7 Å². The number of carboxylic acid groups (broad SMARTS) is 1. The topological polar surface area (TPSA) is 40.5 Å². The molecule has 88 valence electrons. The SMILES string of the molecule is CN(C)Cc1ccc(CCCC(=O)O)cc1. The number of aryl methyl sites for hydroxylation is 1. The van der Waals surface area contributed by atoms with E-state index in [1.165, 1.54) is 11.1 Å². The molecule has 0 spiro atoms. The Morgan fingerprint density at radius 1 is 1.19 bits per heavy atom. The van der Waals surface area contributed by atoms with Crippen LogP contribution in [0, 0.1) is 0 Å². The van der Waals surface area contributed by atoms with E-state index in [-0.39, 0.29) is 6.42 Å². The lowest BCUT2D eigenvalue weighted by molar-refractivity contribution is -0.137. The molecule has 0 aliphatic heterocycles. The summed E-state index contributed by atoms with van der Waals surface area (Å²) < 4.78 is 0. The minimum Gasteiger partial charge on any atom is -0.481 e. The molecule has 1 aromatic rings. The second-order valence-electron chi connectivity index (χ2n) is 4.30. The van der Waals surface area contributed by atoms with Gasteiger partial charge in [-0.2, -0.15) is 0 Å². The molecule has 0 aromatic heterocycles. The van der Waals surface area contributed by atoms with Crippen LogP contribution >= 0.6 is 0 Å². The summed E-state index contributed by atoms with van der Waals surface area (Å²) in [4.78, 5) is 12.5. The first kappa shape index (κ1) is 12.7. The van der Waals surface area contributed by atoms with Gasteiger partial charge in [0, 0.05) is 13.0 Å². The van der Waals surface area contributed by atoms with E-state index in [4.69, 9.17) is 5.11 Å². The number of hydrogen-bond acceptors (Lipinski definition) is 2. The second-order valence-corrected chi connectivity index (χ2v) is 4.30. The summed E-state index contributed by atoms with van der Waals surface area (Å²) in [7, 11) is 4.08. The lowest BCUT2D eigenvalue weighted by Gasteiger charge is -2.09. The summed E-state index contributed by atoms with van der Waals surface area (Å²) in [6.45, 7) is 0.940. The van der Waals surface area contributed by atoms with Crippen molar-refractivity contribution in [3.8, 4) is 0 Å². The summed E-state index contributed by atoms with van der Waals surface area (Å²) in [6.07, 6.45) is 1.80. The molecule has 0 saturated heterocycles. The van der Waals surface area contributed by atoms with Crippen LogP contribution in [0.4, 0.5) is 0 Å². The summed E-state index contributed by atoms with van der Waals surface area (Å²) in [5.74, 6) is -0.718. The van der Waals surface area contributed by atoms with Crippen molar-refractivity contribution >= 4 is 5.97 Å². The summed E-state index contributed by atoms with van der Waals surface area (Å²) in [6, 6.07) is 8.38. The van der Waals surface area contributed by atoms with E-state index in [9.17, 15) is 4.79 Å². The predicted molar refractivity (Wildman–Crippen MR) is 64.4 cm³/mol. The number of benzene rings is 1. The summed E-state index contributed by atoms with van der Waals surface area (Å²) in [5, 5.41) is 8.53. The fourth-order valence-corrected chi connectivity index (χ4v) is 1.62. The van der Waals surface area contributed by atoms with Crippen molar-refractivity contribution in [1.82, 2.24) is 4.90 Å². The number of hydrogen-bond donors (Lipinski definition) is 1. The van der Waals surface area contributed by atoms with Crippen LogP contribution in [-0.4, -0.2) is 30.1 Å². The monoisotopic (exact) mass is 221 g/mol. The van der Waals surface area contributed by atoms with Gasteiger partial charge in [-0.1, -0.05) is 24.3 Å². The predicted octanol–water partition coefficient (Wildman–Crippen LogP) is 2.16. The zero-order valence-corrected chi connectivity index (χ0v) is 9.94. The van der Waals surface area contributed by atoms with Crippen LogP contribution in [0.2, 0.25) is 0 Å². The fraction of sp³-hybridized carbons (Fsp3) is 0.462. The molecule has 3 nitrogen and oxygen atoms in total. The van der Waals surface area contributed by atoms with Gasteiger partial charge in [0.25, 0.3) is 0 Å². The maximum Gasteiger partial charge on any atom is 0.303 e. The largest absolute Gasteiger partial charge is 0.481 e. The first-order valence-corrected chi connectivity index (χ1v) is 5.52.